The first-order chi connectivity index (χ1) is 16.9. The Balaban J connectivity index is 1.43. The summed E-state index contributed by atoms with van der Waals surface area (Å²) in [6.45, 7) is 12.1. The van der Waals surface area contributed by atoms with Gasteiger partial charge in [0.25, 0.3) is 5.91 Å². The van der Waals surface area contributed by atoms with Gasteiger partial charge in [0.15, 0.2) is 0 Å². The summed E-state index contributed by atoms with van der Waals surface area (Å²) in [6, 6.07) is 12.2. The van der Waals surface area contributed by atoms with E-state index in [4.69, 9.17) is 4.74 Å². The van der Waals surface area contributed by atoms with Crippen LogP contribution in [0.3, 0.4) is 0 Å². The van der Waals surface area contributed by atoms with Crippen molar-refractivity contribution in [3.05, 3.63) is 52.9 Å². The molecule has 1 amide bonds. The van der Waals surface area contributed by atoms with Gasteiger partial charge >= 0.3 is 0 Å². The maximum absolute atomic E-state index is 13.0. The van der Waals surface area contributed by atoms with E-state index in [-0.39, 0.29) is 11.6 Å². The fraction of sp³-hybridized carbons (Fsp3) is 0.500. The Morgan fingerprint density at radius 2 is 1.97 bits per heavy atom. The number of rotatable bonds is 9. The monoisotopic (exact) mass is 475 g/mol. The third-order valence-corrected chi connectivity index (χ3v) is 7.09. The zero-order chi connectivity index (χ0) is 24.9. The molecule has 2 heterocycles. The average Bonchev–Trinajstić information content (AvgIpc) is 3.61. The van der Waals surface area contributed by atoms with Crippen molar-refractivity contribution in [2.75, 3.05) is 56.7 Å². The molecule has 1 saturated carbocycles. The second-order valence-corrected chi connectivity index (χ2v) is 9.91. The highest BCUT2D eigenvalue weighted by Crippen LogP contribution is 2.30. The maximum atomic E-state index is 13.0. The number of nitriles is 1. The van der Waals surface area contributed by atoms with Crippen LogP contribution in [-0.4, -0.2) is 61.8 Å². The molecule has 2 aromatic rings. The normalized spacial score (nSPS) is 17.8. The number of nitrogens with one attached hydrogen (secondary N) is 1. The van der Waals surface area contributed by atoms with Crippen molar-refractivity contribution < 1.29 is 9.53 Å². The zero-order valence-corrected chi connectivity index (χ0v) is 21.4. The van der Waals surface area contributed by atoms with Gasteiger partial charge < -0.3 is 19.5 Å². The molecule has 0 spiro atoms. The van der Waals surface area contributed by atoms with Crippen molar-refractivity contribution in [2.24, 2.45) is 5.92 Å². The Hall–Kier alpha value is -3.08. The molecule has 1 aliphatic heterocycles. The van der Waals surface area contributed by atoms with E-state index in [1.165, 1.54) is 19.4 Å². The summed E-state index contributed by atoms with van der Waals surface area (Å²) in [7, 11) is 1.69. The number of benzene rings is 1. The Kier molecular flexibility index (Phi) is 7.94. The predicted octanol–water partition coefficient (Wildman–Crippen LogP) is 4.39. The van der Waals surface area contributed by atoms with Crippen LogP contribution in [-0.2, 0) is 9.53 Å². The number of ether oxygens (including phenoxy) is 1. The zero-order valence-electron chi connectivity index (χ0n) is 21.4. The SMILES string of the molecule is COCC(C)n1c(C)cc(/C=C(/C#N)C(=O)Nc2cccc(N3CCN(CC4CC4)CC3)c2)c1C. The number of hydrogen-bond donors (Lipinski definition) is 1. The highest BCUT2D eigenvalue weighted by Gasteiger charge is 2.26. The van der Waals surface area contributed by atoms with Crippen LogP contribution < -0.4 is 10.2 Å². The summed E-state index contributed by atoms with van der Waals surface area (Å²) in [6.07, 6.45) is 4.45. The number of piperazine rings is 1. The number of aromatic nitrogens is 1. The molecule has 1 N–H and O–H groups in total. The number of anilines is 2. The highest BCUT2D eigenvalue weighted by molar-refractivity contribution is 6.09. The smallest absolute Gasteiger partial charge is 0.266 e. The van der Waals surface area contributed by atoms with E-state index in [0.717, 1.165) is 54.7 Å². The first-order valence-electron chi connectivity index (χ1n) is 12.6. The molecule has 1 unspecified atom stereocenters. The van der Waals surface area contributed by atoms with Crippen LogP contribution in [0.15, 0.2) is 35.9 Å². The first kappa shape index (κ1) is 25.0. The van der Waals surface area contributed by atoms with Crippen molar-refractivity contribution in [3.63, 3.8) is 0 Å². The van der Waals surface area contributed by atoms with Crippen molar-refractivity contribution in [3.8, 4) is 6.07 Å². The molecule has 0 radical (unpaired) electrons. The maximum Gasteiger partial charge on any atom is 0.266 e. The summed E-state index contributed by atoms with van der Waals surface area (Å²) in [5.74, 6) is 0.524. The molecule has 1 aliphatic carbocycles. The summed E-state index contributed by atoms with van der Waals surface area (Å²) in [4.78, 5) is 17.9. The quantitative estimate of drug-likeness (QED) is 0.430. The van der Waals surface area contributed by atoms with Crippen LogP contribution in [0.2, 0.25) is 0 Å². The molecule has 7 heteroatoms. The average molecular weight is 476 g/mol. The van der Waals surface area contributed by atoms with Crippen LogP contribution in [0.4, 0.5) is 11.4 Å². The number of aryl methyl sites for hydroxylation is 1. The molecule has 35 heavy (non-hydrogen) atoms. The van der Waals surface area contributed by atoms with Gasteiger partial charge in [-0.05, 0) is 75.4 Å². The Bertz CT molecular complexity index is 1120. The van der Waals surface area contributed by atoms with Gasteiger partial charge in [-0.3, -0.25) is 9.69 Å². The molecule has 186 valence electrons. The predicted molar refractivity (Wildman–Crippen MR) is 141 cm³/mol. The summed E-state index contributed by atoms with van der Waals surface area (Å²) >= 11 is 0. The molecular formula is C28H37N5O2. The van der Waals surface area contributed by atoms with Gasteiger partial charge in [-0.25, -0.2) is 0 Å². The topological polar surface area (TPSA) is 73.5 Å². The molecule has 7 nitrogen and oxygen atoms in total. The minimum atomic E-state index is -0.395. The van der Waals surface area contributed by atoms with E-state index in [2.05, 4.69) is 38.7 Å². The second kappa shape index (κ2) is 11.1. The van der Waals surface area contributed by atoms with Gasteiger partial charge in [-0.15, -0.1) is 0 Å². The van der Waals surface area contributed by atoms with Crippen molar-refractivity contribution >= 4 is 23.4 Å². The van der Waals surface area contributed by atoms with Crippen molar-refractivity contribution in [1.29, 1.82) is 5.26 Å². The lowest BCUT2D eigenvalue weighted by Crippen LogP contribution is -2.47. The second-order valence-electron chi connectivity index (χ2n) is 9.91. The van der Waals surface area contributed by atoms with Gasteiger partial charge in [0.1, 0.15) is 11.6 Å². The molecule has 1 saturated heterocycles. The number of amides is 1. The van der Waals surface area contributed by atoms with E-state index < -0.39 is 5.91 Å². The van der Waals surface area contributed by atoms with Crippen LogP contribution >= 0.6 is 0 Å². The fourth-order valence-electron chi connectivity index (χ4n) is 5.08. The molecule has 1 aromatic carbocycles. The minimum absolute atomic E-state index is 0.0868. The van der Waals surface area contributed by atoms with Crippen LogP contribution in [0.1, 0.15) is 42.8 Å². The largest absolute Gasteiger partial charge is 0.383 e. The lowest BCUT2D eigenvalue weighted by molar-refractivity contribution is -0.112. The fourth-order valence-corrected chi connectivity index (χ4v) is 5.08. The highest BCUT2D eigenvalue weighted by atomic mass is 16.5. The Morgan fingerprint density at radius 3 is 2.63 bits per heavy atom. The summed E-state index contributed by atoms with van der Waals surface area (Å²) < 4.78 is 7.48. The standard InChI is InChI=1S/C28H37N5O2/c1-20-14-24(22(3)33(20)21(2)19-35-4)15-25(17-29)28(34)30-26-6-5-7-27(16-26)32-12-10-31(11-13-32)18-23-8-9-23/h5-7,14-16,21,23H,8-13,18-19H2,1-4H3,(H,30,34)/b25-15-. The van der Waals surface area contributed by atoms with Crippen molar-refractivity contribution in [1.82, 2.24) is 9.47 Å². The lowest BCUT2D eigenvalue weighted by Gasteiger charge is -2.36. The third-order valence-electron chi connectivity index (χ3n) is 7.09. The molecular weight excluding hydrogens is 438 g/mol. The van der Waals surface area contributed by atoms with Gasteiger partial charge in [0.05, 0.1) is 12.6 Å². The van der Waals surface area contributed by atoms with E-state index in [1.54, 1.807) is 13.2 Å². The first-order valence-corrected chi connectivity index (χ1v) is 12.6. The van der Waals surface area contributed by atoms with Gasteiger partial charge in [-0.1, -0.05) is 6.07 Å². The van der Waals surface area contributed by atoms with Crippen LogP contribution in [0.25, 0.3) is 6.08 Å². The molecule has 2 aliphatic rings. The number of carbonyl (C=O) groups is 1. The molecule has 0 bridgehead atoms. The Labute approximate surface area is 209 Å². The number of hydrogen-bond acceptors (Lipinski definition) is 5. The molecule has 2 fully saturated rings. The summed E-state index contributed by atoms with van der Waals surface area (Å²) in [5.41, 5.74) is 4.84. The van der Waals surface area contributed by atoms with Crippen LogP contribution in [0, 0.1) is 31.1 Å². The van der Waals surface area contributed by atoms with E-state index in [9.17, 15) is 10.1 Å². The van der Waals surface area contributed by atoms with Gasteiger partial charge in [0.2, 0.25) is 0 Å². The molecule has 1 atom stereocenters. The van der Waals surface area contributed by atoms with E-state index >= 15 is 0 Å². The van der Waals surface area contributed by atoms with E-state index in [0.29, 0.717) is 12.3 Å². The Morgan fingerprint density at radius 1 is 1.23 bits per heavy atom. The minimum Gasteiger partial charge on any atom is -0.383 e. The van der Waals surface area contributed by atoms with Crippen LogP contribution in [0.5, 0.6) is 0 Å². The van der Waals surface area contributed by atoms with Gasteiger partial charge in [0, 0.05) is 62.6 Å². The third kappa shape index (κ3) is 6.14. The van der Waals surface area contributed by atoms with Crippen molar-refractivity contribution in [2.45, 2.75) is 39.7 Å². The molecule has 1 aromatic heterocycles. The number of carbonyl (C=O) groups excluding carboxylic acids is 1. The number of methoxy groups -OCH3 is 1. The number of nitrogens with zero attached hydrogens (tertiary/aromatic N) is 4. The molecule has 4 rings (SSSR count). The van der Waals surface area contributed by atoms with E-state index in [1.807, 2.05) is 38.1 Å². The van der Waals surface area contributed by atoms with Gasteiger partial charge in [-0.2, -0.15) is 5.26 Å². The lowest BCUT2D eigenvalue weighted by atomic mass is 10.1. The summed E-state index contributed by atoms with van der Waals surface area (Å²) in [5, 5.41) is 12.7.